The maximum atomic E-state index is 13.6. The largest absolute Gasteiger partial charge is 1.00 e. The van der Waals surface area contributed by atoms with Crippen LogP contribution in [0.5, 0.6) is 0 Å². The van der Waals surface area contributed by atoms with Crippen LogP contribution in [0.4, 0.5) is 4.39 Å². The zero-order chi connectivity index (χ0) is 26.5. The second kappa shape index (κ2) is 13.5. The van der Waals surface area contributed by atoms with Crippen molar-refractivity contribution in [3.63, 3.8) is 0 Å². The van der Waals surface area contributed by atoms with Crippen LogP contribution in [-0.4, -0.2) is 43.8 Å². The van der Waals surface area contributed by atoms with E-state index in [1.807, 2.05) is 41.8 Å². The van der Waals surface area contributed by atoms with Crippen LogP contribution in [0, 0.1) is 5.82 Å². The van der Waals surface area contributed by atoms with Crippen LogP contribution >= 0.6 is 0 Å². The van der Waals surface area contributed by atoms with E-state index in [1.54, 1.807) is 12.1 Å². The molecule has 3 atom stereocenters. The third-order valence-corrected chi connectivity index (χ3v) is 6.57. The minimum atomic E-state index is -1.38. The molecule has 1 heterocycles. The van der Waals surface area contributed by atoms with Gasteiger partial charge in [-0.1, -0.05) is 30.3 Å². The van der Waals surface area contributed by atoms with Crippen molar-refractivity contribution >= 4 is 11.9 Å². The normalized spacial score (nSPS) is 15.3. The van der Waals surface area contributed by atoms with Gasteiger partial charge in [-0.3, -0.25) is 4.79 Å². The van der Waals surface area contributed by atoms with Gasteiger partial charge in [-0.05, 0) is 62.4 Å². The molecule has 1 fully saturated rings. The number of aliphatic hydroxyl groups excluding tert-OH is 2. The Bertz CT molecular complexity index is 1230. The third-order valence-electron chi connectivity index (χ3n) is 6.57. The van der Waals surface area contributed by atoms with E-state index in [0.29, 0.717) is 17.1 Å². The Morgan fingerprint density at radius 1 is 1.11 bits per heavy atom. The molecule has 0 saturated heterocycles. The van der Waals surface area contributed by atoms with Gasteiger partial charge in [-0.25, -0.2) is 9.37 Å². The van der Waals surface area contributed by atoms with Crippen molar-refractivity contribution in [2.45, 2.75) is 69.7 Å². The Balaban J connectivity index is 0.00000400. The van der Waals surface area contributed by atoms with E-state index in [4.69, 9.17) is 4.98 Å². The van der Waals surface area contributed by atoms with Crippen molar-refractivity contribution in [1.29, 1.82) is 0 Å². The van der Waals surface area contributed by atoms with E-state index < -0.39 is 30.4 Å². The molecule has 1 amide bonds. The van der Waals surface area contributed by atoms with Crippen molar-refractivity contribution in [2.24, 2.45) is 0 Å². The van der Waals surface area contributed by atoms with E-state index in [1.165, 1.54) is 12.1 Å². The number of aliphatic carboxylic acids is 1. The van der Waals surface area contributed by atoms with Gasteiger partial charge in [0.1, 0.15) is 17.3 Å². The molecule has 0 unspecified atom stereocenters. The van der Waals surface area contributed by atoms with E-state index in [2.05, 4.69) is 5.32 Å². The standard InChI is InChI=1S/C28H32FN3O5.Na/c1-17(18-5-3-2-4-6-18)30-28(37)25-26(19-7-8-19)32(14-13-22(33)15-23(34)16-24(35)36)27(31-25)20-9-11-21(29)12-10-20;/h2-6,9-12,17,19,22-23,33-34H,7-8,13-16H2,1H3,(H,30,37)(H,35,36);/q;+1/p-1/t17-,22+,23+;/m0./s1. The maximum absolute atomic E-state index is 13.6. The van der Waals surface area contributed by atoms with Gasteiger partial charge < -0.3 is 30.0 Å². The summed E-state index contributed by atoms with van der Waals surface area (Å²) in [4.78, 5) is 28.9. The number of carbonyl (C=O) groups excluding carboxylic acids is 2. The molecule has 1 aliphatic carbocycles. The zero-order valence-electron chi connectivity index (χ0n) is 21.6. The number of nitrogens with zero attached hydrogens (tertiary/aromatic N) is 2. The molecular formula is C28H31FN3NaO5. The molecule has 0 radical (unpaired) electrons. The summed E-state index contributed by atoms with van der Waals surface area (Å²) in [5.74, 6) is -1.47. The summed E-state index contributed by atoms with van der Waals surface area (Å²) in [6.07, 6.45) is -0.861. The number of carboxylic acid groups (broad SMARTS) is 1. The molecule has 38 heavy (non-hydrogen) atoms. The van der Waals surface area contributed by atoms with Crippen LogP contribution in [0.1, 0.15) is 72.7 Å². The van der Waals surface area contributed by atoms with Crippen molar-refractivity contribution in [2.75, 3.05) is 0 Å². The smallest absolute Gasteiger partial charge is 0.550 e. The maximum Gasteiger partial charge on any atom is 1.00 e. The molecule has 196 valence electrons. The number of carbonyl (C=O) groups is 2. The molecule has 8 nitrogen and oxygen atoms in total. The molecule has 0 aliphatic heterocycles. The van der Waals surface area contributed by atoms with Gasteiger partial charge in [0.15, 0.2) is 0 Å². The predicted octanol–water partition coefficient (Wildman–Crippen LogP) is -0.296. The Labute approximate surface area is 243 Å². The number of halogens is 1. The van der Waals surface area contributed by atoms with E-state index in [-0.39, 0.29) is 66.8 Å². The first-order chi connectivity index (χ1) is 17.7. The monoisotopic (exact) mass is 531 g/mol. The van der Waals surface area contributed by atoms with Crippen LogP contribution in [0.15, 0.2) is 54.6 Å². The van der Waals surface area contributed by atoms with E-state index in [0.717, 1.165) is 24.1 Å². The number of rotatable bonds is 12. The summed E-state index contributed by atoms with van der Waals surface area (Å²) < 4.78 is 15.5. The Morgan fingerprint density at radius 2 is 1.76 bits per heavy atom. The number of aromatic nitrogens is 2. The number of carboxylic acids is 1. The molecule has 0 bridgehead atoms. The number of hydrogen-bond acceptors (Lipinski definition) is 6. The fraction of sp³-hybridized carbons (Fsp3) is 0.393. The van der Waals surface area contributed by atoms with Gasteiger partial charge in [0.25, 0.3) is 5.91 Å². The number of imidazole rings is 1. The summed E-state index contributed by atoms with van der Waals surface area (Å²) in [6, 6.07) is 15.2. The van der Waals surface area contributed by atoms with E-state index in [9.17, 15) is 29.3 Å². The Hall–Kier alpha value is -2.56. The minimum absolute atomic E-state index is 0. The molecule has 2 aromatic carbocycles. The van der Waals surface area contributed by atoms with Crippen molar-refractivity contribution < 1.29 is 58.9 Å². The molecule has 4 rings (SSSR count). The second-order valence-corrected chi connectivity index (χ2v) is 9.62. The van der Waals surface area contributed by atoms with Gasteiger partial charge in [-0.15, -0.1) is 0 Å². The van der Waals surface area contributed by atoms with Crippen LogP contribution in [0.25, 0.3) is 11.4 Å². The topological polar surface area (TPSA) is 128 Å². The van der Waals surface area contributed by atoms with Crippen LogP contribution < -0.4 is 40.0 Å². The molecule has 1 saturated carbocycles. The van der Waals surface area contributed by atoms with Gasteiger partial charge in [0, 0.05) is 30.4 Å². The van der Waals surface area contributed by atoms with Crippen LogP contribution in [0.2, 0.25) is 0 Å². The Morgan fingerprint density at radius 3 is 2.37 bits per heavy atom. The quantitative estimate of drug-likeness (QED) is 0.276. The van der Waals surface area contributed by atoms with Gasteiger partial charge in [0.2, 0.25) is 0 Å². The number of nitrogens with one attached hydrogen (secondary N) is 1. The van der Waals surface area contributed by atoms with Crippen molar-refractivity contribution in [3.8, 4) is 11.4 Å². The first-order valence-corrected chi connectivity index (χ1v) is 12.5. The van der Waals surface area contributed by atoms with Crippen LogP contribution in [-0.2, 0) is 11.3 Å². The number of benzene rings is 2. The first kappa shape index (κ1) is 30.0. The van der Waals surface area contributed by atoms with Crippen molar-refractivity contribution in [3.05, 3.63) is 77.4 Å². The summed E-state index contributed by atoms with van der Waals surface area (Å²) in [5, 5.41) is 34.1. The predicted molar refractivity (Wildman–Crippen MR) is 133 cm³/mol. The summed E-state index contributed by atoms with van der Waals surface area (Å²) in [7, 11) is 0. The third kappa shape index (κ3) is 7.74. The number of aliphatic hydroxyl groups is 2. The molecular weight excluding hydrogens is 500 g/mol. The van der Waals surface area contributed by atoms with Gasteiger partial charge in [0.05, 0.1) is 23.9 Å². The molecule has 3 aromatic rings. The minimum Gasteiger partial charge on any atom is -0.550 e. The summed E-state index contributed by atoms with van der Waals surface area (Å²) in [5.41, 5.74) is 2.65. The fourth-order valence-corrected chi connectivity index (χ4v) is 4.52. The molecule has 1 aliphatic rings. The summed E-state index contributed by atoms with van der Waals surface area (Å²) >= 11 is 0. The van der Waals surface area contributed by atoms with Crippen LogP contribution in [0.3, 0.4) is 0 Å². The molecule has 0 spiro atoms. The molecule has 10 heteroatoms. The fourth-order valence-electron chi connectivity index (χ4n) is 4.52. The summed E-state index contributed by atoms with van der Waals surface area (Å²) in [6.45, 7) is 2.18. The average Bonchev–Trinajstić information content (AvgIpc) is 3.63. The number of amides is 1. The SMILES string of the molecule is C[C@H](NC(=O)c1nc(-c2ccc(F)cc2)n(CC[C@@H](O)C[C@@H](O)CC(=O)[O-])c1C1CC1)c1ccccc1.[Na+]. The number of hydrogen-bond donors (Lipinski definition) is 3. The van der Waals surface area contributed by atoms with Gasteiger partial charge in [-0.2, -0.15) is 0 Å². The Kier molecular flexibility index (Phi) is 10.6. The average molecular weight is 532 g/mol. The molecule has 3 N–H and O–H groups in total. The van der Waals surface area contributed by atoms with E-state index >= 15 is 0 Å². The molecule has 1 aromatic heterocycles. The first-order valence-electron chi connectivity index (χ1n) is 12.5. The second-order valence-electron chi connectivity index (χ2n) is 9.62. The van der Waals surface area contributed by atoms with Gasteiger partial charge >= 0.3 is 29.6 Å². The zero-order valence-corrected chi connectivity index (χ0v) is 23.6. The van der Waals surface area contributed by atoms with Crippen molar-refractivity contribution in [1.82, 2.24) is 14.9 Å².